The molecule has 0 fully saturated rings. The maximum Gasteiger partial charge on any atom is 0.259 e. The van der Waals surface area contributed by atoms with E-state index in [0.29, 0.717) is 5.69 Å². The lowest BCUT2D eigenvalue weighted by Crippen LogP contribution is -2.12. The highest BCUT2D eigenvalue weighted by Crippen LogP contribution is 2.23. The van der Waals surface area contributed by atoms with Crippen molar-refractivity contribution in [1.29, 1.82) is 0 Å². The van der Waals surface area contributed by atoms with E-state index in [9.17, 15) is 15.0 Å². The topological polar surface area (TPSA) is 69.6 Å². The summed E-state index contributed by atoms with van der Waals surface area (Å²) >= 11 is 0. The van der Waals surface area contributed by atoms with E-state index in [-0.39, 0.29) is 17.1 Å². The van der Waals surface area contributed by atoms with Crippen LogP contribution in [0.2, 0.25) is 0 Å². The van der Waals surface area contributed by atoms with Crippen LogP contribution in [0.3, 0.4) is 0 Å². The average Bonchev–Trinajstić information content (AvgIpc) is 2.61. The van der Waals surface area contributed by atoms with E-state index >= 15 is 0 Å². The van der Waals surface area contributed by atoms with Crippen LogP contribution in [-0.4, -0.2) is 16.1 Å². The van der Waals surface area contributed by atoms with Crippen LogP contribution in [0.5, 0.6) is 11.5 Å². The number of anilines is 1. The second-order valence-corrected chi connectivity index (χ2v) is 6.37. The number of nitrogens with one attached hydrogen (secondary N) is 1. The molecule has 1 amide bonds. The number of hydrogen-bond donors (Lipinski definition) is 3. The number of benzene rings is 2. The van der Waals surface area contributed by atoms with Crippen LogP contribution in [0.25, 0.3) is 0 Å². The maximum atomic E-state index is 12.2. The number of carbonyl (C=O) groups excluding carboxylic acids is 1. The third-order valence-electron chi connectivity index (χ3n) is 4.26. The van der Waals surface area contributed by atoms with Gasteiger partial charge in [-0.25, -0.2) is 0 Å². The molecular weight excluding hydrogens is 314 g/mol. The Kier molecular flexibility index (Phi) is 7.33. The summed E-state index contributed by atoms with van der Waals surface area (Å²) in [6.45, 7) is 2.22. The minimum atomic E-state index is -0.447. The van der Waals surface area contributed by atoms with Gasteiger partial charge in [-0.2, -0.15) is 0 Å². The molecule has 2 aromatic carbocycles. The Labute approximate surface area is 149 Å². The zero-order valence-corrected chi connectivity index (χ0v) is 14.8. The summed E-state index contributed by atoms with van der Waals surface area (Å²) in [5.41, 5.74) is 1.98. The fourth-order valence-electron chi connectivity index (χ4n) is 2.77. The van der Waals surface area contributed by atoms with E-state index in [1.807, 2.05) is 24.3 Å². The van der Waals surface area contributed by atoms with Crippen molar-refractivity contribution in [3.8, 4) is 11.5 Å². The second-order valence-electron chi connectivity index (χ2n) is 6.37. The summed E-state index contributed by atoms with van der Waals surface area (Å²) in [6.07, 6.45) is 8.71. The Hall–Kier alpha value is -2.49. The summed E-state index contributed by atoms with van der Waals surface area (Å²) < 4.78 is 0. The Morgan fingerprint density at radius 2 is 1.60 bits per heavy atom. The molecule has 0 bridgehead atoms. The summed E-state index contributed by atoms with van der Waals surface area (Å²) in [6, 6.07) is 11.6. The molecule has 4 nitrogen and oxygen atoms in total. The van der Waals surface area contributed by atoms with Crippen molar-refractivity contribution >= 4 is 11.6 Å². The second kappa shape index (κ2) is 9.72. The Balaban J connectivity index is 1.83. The van der Waals surface area contributed by atoms with Gasteiger partial charge in [-0.3, -0.25) is 4.79 Å². The zero-order valence-electron chi connectivity index (χ0n) is 14.8. The van der Waals surface area contributed by atoms with Gasteiger partial charge >= 0.3 is 0 Å². The first-order chi connectivity index (χ1) is 12.1. The molecule has 0 aliphatic rings. The molecule has 134 valence electrons. The maximum absolute atomic E-state index is 12.2. The first-order valence-electron chi connectivity index (χ1n) is 9.02. The number of amides is 1. The molecule has 4 heteroatoms. The summed E-state index contributed by atoms with van der Waals surface area (Å²) in [7, 11) is 0. The third kappa shape index (κ3) is 6.14. The summed E-state index contributed by atoms with van der Waals surface area (Å²) in [5, 5.41) is 21.9. The van der Waals surface area contributed by atoms with Crippen LogP contribution in [0.4, 0.5) is 5.69 Å². The molecule has 0 aliphatic carbocycles. The lowest BCUT2D eigenvalue weighted by atomic mass is 10.0. The van der Waals surface area contributed by atoms with Crippen LogP contribution in [-0.2, 0) is 6.42 Å². The predicted molar refractivity (Wildman–Crippen MR) is 101 cm³/mol. The third-order valence-corrected chi connectivity index (χ3v) is 4.26. The first kappa shape index (κ1) is 18.8. The van der Waals surface area contributed by atoms with E-state index < -0.39 is 5.91 Å². The van der Waals surface area contributed by atoms with E-state index in [0.717, 1.165) is 6.42 Å². The SMILES string of the molecule is CCCCCCCCc1ccc(NC(=O)c2cc(O)ccc2O)cc1. The van der Waals surface area contributed by atoms with Crippen LogP contribution in [0, 0.1) is 0 Å². The van der Waals surface area contributed by atoms with Crippen LogP contribution >= 0.6 is 0 Å². The van der Waals surface area contributed by atoms with Gasteiger partial charge in [0.05, 0.1) is 5.56 Å². The quantitative estimate of drug-likeness (QED) is 0.431. The monoisotopic (exact) mass is 341 g/mol. The van der Waals surface area contributed by atoms with E-state index in [4.69, 9.17) is 0 Å². The number of rotatable bonds is 9. The standard InChI is InChI=1S/C21H27NO3/c1-2-3-4-5-6-7-8-16-9-11-17(12-10-16)22-21(25)19-15-18(23)13-14-20(19)24/h9-15,23-24H,2-8H2,1H3,(H,22,25). The minimum Gasteiger partial charge on any atom is -0.508 e. The molecule has 25 heavy (non-hydrogen) atoms. The Bertz CT molecular complexity index is 680. The van der Waals surface area contributed by atoms with Crippen molar-refractivity contribution < 1.29 is 15.0 Å². The highest BCUT2D eigenvalue weighted by atomic mass is 16.3. The number of phenols is 2. The minimum absolute atomic E-state index is 0.0520. The molecule has 2 rings (SSSR count). The smallest absolute Gasteiger partial charge is 0.259 e. The van der Waals surface area contributed by atoms with Gasteiger partial charge in [0.15, 0.2) is 0 Å². The Morgan fingerprint density at radius 1 is 0.920 bits per heavy atom. The van der Waals surface area contributed by atoms with E-state index in [1.54, 1.807) is 0 Å². The van der Waals surface area contributed by atoms with Gasteiger partial charge in [0.25, 0.3) is 5.91 Å². The van der Waals surface area contributed by atoms with Gasteiger partial charge in [-0.1, -0.05) is 51.2 Å². The normalized spacial score (nSPS) is 10.6. The average molecular weight is 341 g/mol. The van der Waals surface area contributed by atoms with Crippen LogP contribution in [0.15, 0.2) is 42.5 Å². The molecule has 0 radical (unpaired) electrons. The van der Waals surface area contributed by atoms with Crippen molar-refractivity contribution in [2.75, 3.05) is 5.32 Å². The van der Waals surface area contributed by atoms with Gasteiger partial charge in [0.1, 0.15) is 11.5 Å². The molecular formula is C21H27NO3. The van der Waals surface area contributed by atoms with Crippen molar-refractivity contribution in [2.24, 2.45) is 0 Å². The fraction of sp³-hybridized carbons (Fsp3) is 0.381. The van der Waals surface area contributed by atoms with Gasteiger partial charge < -0.3 is 15.5 Å². The van der Waals surface area contributed by atoms with Gasteiger partial charge in [0, 0.05) is 5.69 Å². The summed E-state index contributed by atoms with van der Waals surface area (Å²) in [5.74, 6) is -0.663. The lowest BCUT2D eigenvalue weighted by molar-refractivity contribution is 0.102. The molecule has 0 saturated carbocycles. The van der Waals surface area contributed by atoms with E-state index in [1.165, 1.54) is 62.3 Å². The lowest BCUT2D eigenvalue weighted by Gasteiger charge is -2.08. The molecule has 0 unspecified atom stereocenters. The zero-order chi connectivity index (χ0) is 18.1. The number of hydrogen-bond acceptors (Lipinski definition) is 3. The van der Waals surface area contributed by atoms with Crippen molar-refractivity contribution in [1.82, 2.24) is 0 Å². The van der Waals surface area contributed by atoms with Crippen LogP contribution < -0.4 is 5.32 Å². The number of unbranched alkanes of at least 4 members (excludes halogenated alkanes) is 5. The summed E-state index contributed by atoms with van der Waals surface area (Å²) in [4.78, 5) is 12.2. The van der Waals surface area contributed by atoms with Gasteiger partial charge in [0.2, 0.25) is 0 Å². The molecule has 2 aromatic rings. The largest absolute Gasteiger partial charge is 0.508 e. The molecule has 0 aliphatic heterocycles. The van der Waals surface area contributed by atoms with E-state index in [2.05, 4.69) is 12.2 Å². The van der Waals surface area contributed by atoms with Crippen molar-refractivity contribution in [2.45, 2.75) is 51.9 Å². The highest BCUT2D eigenvalue weighted by Gasteiger charge is 2.12. The number of phenolic OH excluding ortho intramolecular Hbond substituents is 2. The predicted octanol–water partition coefficient (Wildman–Crippen LogP) is 5.25. The molecule has 0 heterocycles. The fourth-order valence-corrected chi connectivity index (χ4v) is 2.77. The molecule has 0 spiro atoms. The number of aromatic hydroxyl groups is 2. The molecule has 0 aromatic heterocycles. The molecule has 0 atom stereocenters. The number of carbonyl (C=O) groups is 1. The first-order valence-corrected chi connectivity index (χ1v) is 9.02. The van der Waals surface area contributed by atoms with Gasteiger partial charge in [-0.15, -0.1) is 0 Å². The highest BCUT2D eigenvalue weighted by molar-refractivity contribution is 6.06. The molecule has 3 N–H and O–H groups in total. The number of aryl methyl sites for hydroxylation is 1. The Morgan fingerprint density at radius 3 is 2.32 bits per heavy atom. The van der Waals surface area contributed by atoms with Crippen molar-refractivity contribution in [3.63, 3.8) is 0 Å². The molecule has 0 saturated heterocycles. The van der Waals surface area contributed by atoms with Gasteiger partial charge in [-0.05, 0) is 48.7 Å². The van der Waals surface area contributed by atoms with Crippen LogP contribution in [0.1, 0.15) is 61.4 Å². The van der Waals surface area contributed by atoms with Crippen molar-refractivity contribution in [3.05, 3.63) is 53.6 Å².